The molecule has 0 atom stereocenters. The molecular weight excluding hydrogens is 448 g/mol. The quantitative estimate of drug-likeness (QED) is 0.243. The van der Waals surface area contributed by atoms with Gasteiger partial charge in [0.05, 0.1) is 11.8 Å². The lowest BCUT2D eigenvalue weighted by Crippen LogP contribution is -2.24. The smallest absolute Gasteiger partial charge is 0.343 e. The van der Waals surface area contributed by atoms with Crippen LogP contribution < -0.4 is 24.4 Å². The Morgan fingerprint density at radius 2 is 1.79 bits per heavy atom. The van der Waals surface area contributed by atoms with Crippen molar-refractivity contribution in [1.29, 1.82) is 0 Å². The van der Waals surface area contributed by atoms with Crippen molar-refractivity contribution in [3.63, 3.8) is 0 Å². The van der Waals surface area contributed by atoms with Gasteiger partial charge >= 0.3 is 5.97 Å². The molecule has 0 saturated heterocycles. The number of carbonyl (C=O) groups is 2. The lowest BCUT2D eigenvalue weighted by molar-refractivity contribution is -0.123. The first-order valence-electron chi connectivity index (χ1n) is 9.91. The van der Waals surface area contributed by atoms with Crippen LogP contribution in [0, 0.1) is 6.92 Å². The first-order chi connectivity index (χ1) is 16.0. The van der Waals surface area contributed by atoms with Crippen LogP contribution in [0.1, 0.15) is 21.5 Å². The second kappa shape index (κ2) is 10.1. The number of nitrogens with one attached hydrogen (secondary N) is 1. The summed E-state index contributed by atoms with van der Waals surface area (Å²) in [6.07, 6.45) is 1.47. The van der Waals surface area contributed by atoms with E-state index in [1.165, 1.54) is 6.21 Å². The van der Waals surface area contributed by atoms with Gasteiger partial charge in [-0.15, -0.1) is 0 Å². The van der Waals surface area contributed by atoms with Crippen molar-refractivity contribution < 1.29 is 28.5 Å². The molecule has 4 rings (SSSR count). The van der Waals surface area contributed by atoms with Gasteiger partial charge in [-0.25, -0.2) is 10.2 Å². The molecular formula is C24H19ClN2O6. The maximum Gasteiger partial charge on any atom is 0.343 e. The van der Waals surface area contributed by atoms with Crippen molar-refractivity contribution in [3.05, 3.63) is 82.4 Å². The van der Waals surface area contributed by atoms with Crippen molar-refractivity contribution in [2.75, 3.05) is 13.4 Å². The Morgan fingerprint density at radius 3 is 2.58 bits per heavy atom. The molecule has 0 bridgehead atoms. The SMILES string of the molecule is Cc1cc(OCC(=O)NN=Cc2ccc(OC(=O)c3ccc4c(c3)OCO4)cc2)ccc1Cl. The predicted octanol–water partition coefficient (Wildman–Crippen LogP) is 4.13. The summed E-state index contributed by atoms with van der Waals surface area (Å²) in [6.45, 7) is 1.79. The van der Waals surface area contributed by atoms with E-state index in [1.807, 2.05) is 6.92 Å². The van der Waals surface area contributed by atoms with E-state index in [4.69, 9.17) is 30.5 Å². The molecule has 1 N–H and O–H groups in total. The van der Waals surface area contributed by atoms with E-state index >= 15 is 0 Å². The van der Waals surface area contributed by atoms with Crippen molar-refractivity contribution in [2.24, 2.45) is 5.10 Å². The zero-order valence-electron chi connectivity index (χ0n) is 17.5. The summed E-state index contributed by atoms with van der Waals surface area (Å²) in [6, 6.07) is 16.6. The molecule has 0 spiro atoms. The highest BCUT2D eigenvalue weighted by Crippen LogP contribution is 2.32. The molecule has 0 aliphatic carbocycles. The number of hydrogen-bond donors (Lipinski definition) is 1. The van der Waals surface area contributed by atoms with Gasteiger partial charge < -0.3 is 18.9 Å². The highest BCUT2D eigenvalue weighted by atomic mass is 35.5. The topological polar surface area (TPSA) is 95.5 Å². The van der Waals surface area contributed by atoms with Crippen LogP contribution in [0.5, 0.6) is 23.0 Å². The fourth-order valence-electron chi connectivity index (χ4n) is 2.88. The Balaban J connectivity index is 1.25. The first kappa shape index (κ1) is 22.2. The van der Waals surface area contributed by atoms with E-state index < -0.39 is 11.9 Å². The fourth-order valence-corrected chi connectivity index (χ4v) is 3.00. The van der Waals surface area contributed by atoms with Crippen molar-refractivity contribution >= 4 is 29.7 Å². The Morgan fingerprint density at radius 1 is 1.03 bits per heavy atom. The van der Waals surface area contributed by atoms with E-state index in [0.29, 0.717) is 39.1 Å². The number of ether oxygens (including phenoxy) is 4. The third-order valence-corrected chi connectivity index (χ3v) is 5.03. The molecule has 0 unspecified atom stereocenters. The van der Waals surface area contributed by atoms with Crippen LogP contribution in [-0.4, -0.2) is 31.5 Å². The van der Waals surface area contributed by atoms with Gasteiger partial charge in [0, 0.05) is 5.02 Å². The number of benzene rings is 3. The standard InChI is InChI=1S/C24H19ClN2O6/c1-15-10-19(7-8-20(15)25)30-13-23(28)27-26-12-16-2-5-18(6-3-16)33-24(29)17-4-9-21-22(11-17)32-14-31-21/h2-12H,13-14H2,1H3,(H,27,28). The van der Waals surface area contributed by atoms with E-state index in [1.54, 1.807) is 60.7 Å². The van der Waals surface area contributed by atoms with Crippen LogP contribution in [0.2, 0.25) is 5.02 Å². The van der Waals surface area contributed by atoms with E-state index in [-0.39, 0.29) is 13.4 Å². The minimum Gasteiger partial charge on any atom is -0.484 e. The normalized spacial score (nSPS) is 11.9. The number of aryl methyl sites for hydroxylation is 1. The van der Waals surface area contributed by atoms with Crippen LogP contribution in [-0.2, 0) is 4.79 Å². The predicted molar refractivity (Wildman–Crippen MR) is 121 cm³/mol. The van der Waals surface area contributed by atoms with Gasteiger partial charge in [0.25, 0.3) is 5.91 Å². The number of fused-ring (bicyclic) bond motifs is 1. The fraction of sp³-hybridized carbons (Fsp3) is 0.125. The molecule has 1 aliphatic rings. The summed E-state index contributed by atoms with van der Waals surface area (Å²) >= 11 is 5.96. The summed E-state index contributed by atoms with van der Waals surface area (Å²) in [5, 5.41) is 4.53. The van der Waals surface area contributed by atoms with E-state index in [9.17, 15) is 9.59 Å². The molecule has 1 amide bonds. The minimum absolute atomic E-state index is 0.131. The molecule has 33 heavy (non-hydrogen) atoms. The Kier molecular flexibility index (Phi) is 6.75. The highest BCUT2D eigenvalue weighted by Gasteiger charge is 2.17. The first-order valence-corrected chi connectivity index (χ1v) is 10.3. The summed E-state index contributed by atoms with van der Waals surface area (Å²) < 4.78 is 21.3. The number of halogens is 1. The zero-order valence-corrected chi connectivity index (χ0v) is 18.3. The number of rotatable bonds is 7. The van der Waals surface area contributed by atoms with Crippen LogP contribution in [0.3, 0.4) is 0 Å². The monoisotopic (exact) mass is 466 g/mol. The maximum atomic E-state index is 12.3. The van der Waals surface area contributed by atoms with Crippen molar-refractivity contribution in [1.82, 2.24) is 5.43 Å². The third kappa shape index (κ3) is 5.81. The molecule has 9 heteroatoms. The second-order valence-corrected chi connectivity index (χ2v) is 7.43. The second-order valence-electron chi connectivity index (χ2n) is 7.02. The lowest BCUT2D eigenvalue weighted by Gasteiger charge is -2.06. The van der Waals surface area contributed by atoms with Crippen LogP contribution in [0.25, 0.3) is 0 Å². The number of carbonyl (C=O) groups excluding carboxylic acids is 2. The Bertz CT molecular complexity index is 1210. The summed E-state index contributed by atoms with van der Waals surface area (Å²) in [4.78, 5) is 24.2. The molecule has 1 heterocycles. The maximum absolute atomic E-state index is 12.3. The zero-order chi connectivity index (χ0) is 23.2. The molecule has 0 fully saturated rings. The van der Waals surface area contributed by atoms with Gasteiger partial charge in [-0.3, -0.25) is 4.79 Å². The van der Waals surface area contributed by atoms with Gasteiger partial charge in [0.1, 0.15) is 11.5 Å². The minimum atomic E-state index is -0.516. The van der Waals surface area contributed by atoms with E-state index in [2.05, 4.69) is 10.5 Å². The Hall–Kier alpha value is -4.04. The van der Waals surface area contributed by atoms with Gasteiger partial charge in [-0.05, 0) is 78.7 Å². The molecule has 0 radical (unpaired) electrons. The molecule has 1 aliphatic heterocycles. The van der Waals surface area contributed by atoms with Crippen LogP contribution in [0.15, 0.2) is 65.8 Å². The number of hydrazone groups is 1. The third-order valence-electron chi connectivity index (χ3n) is 4.60. The van der Waals surface area contributed by atoms with Crippen LogP contribution >= 0.6 is 11.6 Å². The van der Waals surface area contributed by atoms with Gasteiger partial charge in [0.15, 0.2) is 18.1 Å². The summed E-state index contributed by atoms with van der Waals surface area (Å²) in [5.74, 6) is 1.08. The van der Waals surface area contributed by atoms with E-state index in [0.717, 1.165) is 5.56 Å². The van der Waals surface area contributed by atoms with Crippen LogP contribution in [0.4, 0.5) is 0 Å². The number of amides is 1. The summed E-state index contributed by atoms with van der Waals surface area (Å²) in [7, 11) is 0. The molecule has 0 aromatic heterocycles. The molecule has 168 valence electrons. The van der Waals surface area contributed by atoms with Gasteiger partial charge in [0.2, 0.25) is 6.79 Å². The molecule has 8 nitrogen and oxygen atoms in total. The number of hydrogen-bond acceptors (Lipinski definition) is 7. The van der Waals surface area contributed by atoms with Gasteiger partial charge in [-0.2, -0.15) is 5.10 Å². The summed E-state index contributed by atoms with van der Waals surface area (Å²) in [5.41, 5.74) is 4.30. The lowest BCUT2D eigenvalue weighted by atomic mass is 10.2. The largest absolute Gasteiger partial charge is 0.484 e. The van der Waals surface area contributed by atoms with Crippen molar-refractivity contribution in [2.45, 2.75) is 6.92 Å². The molecule has 3 aromatic rings. The Labute approximate surface area is 194 Å². The number of nitrogens with zero attached hydrogens (tertiary/aromatic N) is 1. The van der Waals surface area contributed by atoms with Crippen molar-refractivity contribution in [3.8, 4) is 23.0 Å². The number of esters is 1. The highest BCUT2D eigenvalue weighted by molar-refractivity contribution is 6.31. The molecule has 3 aromatic carbocycles. The average Bonchev–Trinajstić information content (AvgIpc) is 3.29. The van der Waals surface area contributed by atoms with Gasteiger partial charge in [-0.1, -0.05) is 11.6 Å². The average molecular weight is 467 g/mol. The molecule has 0 saturated carbocycles.